The molecule has 1 aromatic heterocycles. The molecule has 3 nitrogen and oxygen atoms in total. The van der Waals surface area contributed by atoms with Gasteiger partial charge in [0.15, 0.2) is 0 Å². The molecule has 0 spiro atoms. The van der Waals surface area contributed by atoms with Crippen molar-refractivity contribution in [3.05, 3.63) is 52.9 Å². The first-order valence-corrected chi connectivity index (χ1v) is 11.1. The molecule has 4 aliphatic carbocycles. The molecule has 1 heterocycles. The molecule has 0 radical (unpaired) electrons. The zero-order chi connectivity index (χ0) is 22.8. The van der Waals surface area contributed by atoms with Gasteiger partial charge in [0, 0.05) is 11.3 Å². The highest BCUT2D eigenvalue weighted by molar-refractivity contribution is 5.69. The van der Waals surface area contributed by atoms with Crippen LogP contribution in [0.4, 0.5) is 17.6 Å². The van der Waals surface area contributed by atoms with Crippen molar-refractivity contribution in [3.63, 3.8) is 0 Å². The van der Waals surface area contributed by atoms with Crippen molar-refractivity contribution < 1.29 is 17.6 Å². The summed E-state index contributed by atoms with van der Waals surface area (Å²) in [5.74, 6) is -3.23. The molecular weight excluding hydrogens is 418 g/mol. The summed E-state index contributed by atoms with van der Waals surface area (Å²) in [6.45, 7) is 3.92. The minimum absolute atomic E-state index is 0.136. The third kappa shape index (κ3) is 3.10. The Kier molecular flexibility index (Phi) is 4.77. The number of nitriles is 1. The fourth-order valence-corrected chi connectivity index (χ4v) is 6.09. The van der Waals surface area contributed by atoms with Crippen LogP contribution in [0.3, 0.4) is 0 Å². The molecule has 168 valence electrons. The fraction of sp³-hybridized carbons (Fsp3) is 0.520. The van der Waals surface area contributed by atoms with Crippen LogP contribution >= 0.6 is 0 Å². The van der Waals surface area contributed by atoms with Gasteiger partial charge < -0.3 is 0 Å². The maximum absolute atomic E-state index is 13.9. The fourth-order valence-electron chi connectivity index (χ4n) is 6.09. The van der Waals surface area contributed by atoms with Crippen LogP contribution in [0.2, 0.25) is 0 Å². The van der Waals surface area contributed by atoms with Crippen LogP contribution in [0.25, 0.3) is 11.8 Å². The summed E-state index contributed by atoms with van der Waals surface area (Å²) in [6.07, 6.45) is 7.19. The molecular formula is C25H25F4N3. The predicted molar refractivity (Wildman–Crippen MR) is 114 cm³/mol. The molecule has 4 aliphatic rings. The van der Waals surface area contributed by atoms with Gasteiger partial charge >= 0.3 is 6.18 Å². The average Bonchev–Trinajstić information content (AvgIpc) is 3.14. The molecule has 0 N–H and O–H groups in total. The van der Waals surface area contributed by atoms with E-state index in [0.29, 0.717) is 19.3 Å². The molecule has 2 unspecified atom stereocenters. The van der Waals surface area contributed by atoms with Crippen molar-refractivity contribution in [1.29, 1.82) is 5.26 Å². The lowest BCUT2D eigenvalue weighted by Gasteiger charge is -2.49. The van der Waals surface area contributed by atoms with Gasteiger partial charge in [-0.2, -0.15) is 23.5 Å². The number of fused-ring (bicyclic) bond motifs is 4. The molecule has 5 rings (SSSR count). The summed E-state index contributed by atoms with van der Waals surface area (Å²) in [6, 6.07) is 2.00. The lowest BCUT2D eigenvalue weighted by Crippen LogP contribution is -2.44. The van der Waals surface area contributed by atoms with E-state index in [4.69, 9.17) is 0 Å². The number of alkyl halides is 4. The molecule has 0 aliphatic heterocycles. The second-order valence-electron chi connectivity index (χ2n) is 9.74. The molecule has 1 fully saturated rings. The Hall–Kier alpha value is -2.62. The lowest BCUT2D eigenvalue weighted by atomic mass is 9.54. The van der Waals surface area contributed by atoms with Crippen LogP contribution in [0.15, 0.2) is 41.6 Å². The molecule has 1 saturated carbocycles. The van der Waals surface area contributed by atoms with Crippen LogP contribution in [-0.4, -0.2) is 22.1 Å². The summed E-state index contributed by atoms with van der Waals surface area (Å²) < 4.78 is 56.4. The zero-order valence-electron chi connectivity index (χ0n) is 18.0. The van der Waals surface area contributed by atoms with E-state index in [9.17, 15) is 22.8 Å². The largest absolute Gasteiger partial charge is 0.393 e. The summed E-state index contributed by atoms with van der Waals surface area (Å²) in [7, 11) is 0. The molecule has 0 aromatic carbocycles. The summed E-state index contributed by atoms with van der Waals surface area (Å²) >= 11 is 0. The van der Waals surface area contributed by atoms with Crippen LogP contribution in [0.5, 0.6) is 0 Å². The van der Waals surface area contributed by atoms with Crippen molar-refractivity contribution in [1.82, 2.24) is 9.78 Å². The SMILES string of the molecule is CC1C=C(n2ncc3c2C=C2CC[C@H]4C(=CC[C@@H](C(F)(F)F)[C@@H]4C#N)[C@@]2(C)C3)C=CC1F. The van der Waals surface area contributed by atoms with Crippen molar-refractivity contribution in [2.24, 2.45) is 29.1 Å². The lowest BCUT2D eigenvalue weighted by molar-refractivity contribution is -0.188. The van der Waals surface area contributed by atoms with Crippen LogP contribution in [0, 0.1) is 40.4 Å². The van der Waals surface area contributed by atoms with Crippen molar-refractivity contribution in [2.45, 2.75) is 51.9 Å². The number of hydrogen-bond acceptors (Lipinski definition) is 2. The molecule has 32 heavy (non-hydrogen) atoms. The average molecular weight is 443 g/mol. The molecule has 7 heteroatoms. The highest BCUT2D eigenvalue weighted by atomic mass is 19.4. The van der Waals surface area contributed by atoms with Crippen LogP contribution in [-0.2, 0) is 6.42 Å². The number of hydrogen-bond donors (Lipinski definition) is 0. The van der Waals surface area contributed by atoms with Gasteiger partial charge in [0.25, 0.3) is 0 Å². The van der Waals surface area contributed by atoms with E-state index in [1.54, 1.807) is 18.2 Å². The van der Waals surface area contributed by atoms with E-state index in [1.807, 2.05) is 29.9 Å². The Labute approximate surface area is 184 Å². The summed E-state index contributed by atoms with van der Waals surface area (Å²) in [5.41, 5.74) is 4.56. The first-order valence-electron chi connectivity index (χ1n) is 11.1. The number of rotatable bonds is 1. The topological polar surface area (TPSA) is 41.6 Å². The standard InChI is InChI=1S/C25H25F4N3/c1-14-9-17(4-8-22(14)26)32-23-10-16-3-5-18-19(12-30)21(25(27,28)29)7-6-20(18)24(16,2)11-15(23)13-31-32/h4,6,8-10,13-14,18-19,21-22H,3,5,7,11H2,1-2H3/t14?,18-,19-,21-,22?,24+/m1/s1. The second kappa shape index (κ2) is 7.19. The normalized spacial score (nSPS) is 36.2. The summed E-state index contributed by atoms with van der Waals surface area (Å²) in [5, 5.41) is 14.2. The first kappa shape index (κ1) is 21.2. The van der Waals surface area contributed by atoms with Crippen LogP contribution < -0.4 is 0 Å². The minimum Gasteiger partial charge on any atom is -0.242 e. The smallest absolute Gasteiger partial charge is 0.242 e. The van der Waals surface area contributed by atoms with Gasteiger partial charge in [0.1, 0.15) is 6.17 Å². The highest BCUT2D eigenvalue weighted by Gasteiger charge is 2.54. The van der Waals surface area contributed by atoms with E-state index in [0.717, 1.165) is 22.5 Å². The predicted octanol–water partition coefficient (Wildman–Crippen LogP) is 6.27. The van der Waals surface area contributed by atoms with Gasteiger partial charge in [0.05, 0.1) is 35.5 Å². The van der Waals surface area contributed by atoms with Crippen molar-refractivity contribution in [2.75, 3.05) is 0 Å². The summed E-state index contributed by atoms with van der Waals surface area (Å²) in [4.78, 5) is 0. The minimum atomic E-state index is -4.36. The van der Waals surface area contributed by atoms with Gasteiger partial charge in [-0.3, -0.25) is 0 Å². The molecule has 0 amide bonds. The van der Waals surface area contributed by atoms with Crippen molar-refractivity contribution in [3.8, 4) is 6.07 Å². The molecule has 1 aromatic rings. The van der Waals surface area contributed by atoms with Gasteiger partial charge in [-0.1, -0.05) is 37.1 Å². The highest BCUT2D eigenvalue weighted by Crippen LogP contribution is 2.58. The maximum Gasteiger partial charge on any atom is 0.393 e. The second-order valence-corrected chi connectivity index (χ2v) is 9.74. The van der Waals surface area contributed by atoms with Crippen LogP contribution in [0.1, 0.15) is 44.4 Å². The quantitative estimate of drug-likeness (QED) is 0.379. The van der Waals surface area contributed by atoms with E-state index in [-0.39, 0.29) is 18.3 Å². The Balaban J connectivity index is 1.52. The van der Waals surface area contributed by atoms with Gasteiger partial charge in [-0.05, 0) is 55.4 Å². The molecule has 0 bridgehead atoms. The molecule has 0 saturated heterocycles. The Morgan fingerprint density at radius 2 is 2.09 bits per heavy atom. The third-order valence-electron chi connectivity index (χ3n) is 7.87. The van der Waals surface area contributed by atoms with E-state index in [1.165, 1.54) is 5.57 Å². The van der Waals surface area contributed by atoms with E-state index in [2.05, 4.69) is 18.1 Å². The number of aromatic nitrogens is 2. The zero-order valence-corrected chi connectivity index (χ0v) is 18.0. The van der Waals surface area contributed by atoms with Gasteiger partial charge in [-0.15, -0.1) is 0 Å². The monoisotopic (exact) mass is 443 g/mol. The number of nitrogens with zero attached hydrogens (tertiary/aromatic N) is 3. The van der Waals surface area contributed by atoms with Gasteiger partial charge in [0.2, 0.25) is 0 Å². The maximum atomic E-state index is 13.9. The Morgan fingerprint density at radius 1 is 1.31 bits per heavy atom. The van der Waals surface area contributed by atoms with Crippen molar-refractivity contribution >= 4 is 11.8 Å². The van der Waals surface area contributed by atoms with Gasteiger partial charge in [-0.25, -0.2) is 9.07 Å². The Morgan fingerprint density at radius 3 is 2.78 bits per heavy atom. The number of halogens is 4. The first-order chi connectivity index (χ1) is 15.1. The molecule has 6 atom stereocenters. The third-order valence-corrected chi connectivity index (χ3v) is 7.87. The Bertz CT molecular complexity index is 1110. The van der Waals surface area contributed by atoms with E-state index >= 15 is 0 Å². The van der Waals surface area contributed by atoms with E-state index < -0.39 is 29.6 Å². The number of allylic oxidation sites excluding steroid dienone is 7.